The van der Waals surface area contributed by atoms with Gasteiger partial charge in [0.25, 0.3) is 0 Å². The Bertz CT molecular complexity index is 204. The third kappa shape index (κ3) is 1.71. The average Bonchev–Trinajstić information content (AvgIpc) is 1.88. The van der Waals surface area contributed by atoms with Crippen molar-refractivity contribution >= 4 is 10.6 Å². The van der Waals surface area contributed by atoms with Crippen molar-refractivity contribution in [3.8, 4) is 0 Å². The molecule has 0 atom stereocenters. The Balaban J connectivity index is 2.97. The van der Waals surface area contributed by atoms with Crippen LogP contribution in [0.3, 0.4) is 0 Å². The summed E-state index contributed by atoms with van der Waals surface area (Å²) >= 11 is 0. The van der Waals surface area contributed by atoms with E-state index in [-0.39, 0.29) is 0 Å². The Morgan fingerprint density at radius 3 is 1.70 bits per heavy atom. The van der Waals surface area contributed by atoms with Gasteiger partial charge in [0, 0.05) is 4.90 Å². The highest BCUT2D eigenvalue weighted by Gasteiger charge is 2.06. The van der Waals surface area contributed by atoms with Gasteiger partial charge in [0.1, 0.15) is 0 Å². The van der Waals surface area contributed by atoms with Gasteiger partial charge in [-0.25, -0.2) is 0 Å². The molecule has 0 aromatic heterocycles. The highest BCUT2D eigenvalue weighted by atomic mass is 32.3. The van der Waals surface area contributed by atoms with E-state index in [0.29, 0.717) is 0 Å². The van der Waals surface area contributed by atoms with Gasteiger partial charge in [-0.1, -0.05) is 28.8 Å². The summed E-state index contributed by atoms with van der Waals surface area (Å²) in [6.45, 7) is 0. The third-order valence-electron chi connectivity index (χ3n) is 1.15. The minimum Gasteiger partial charge on any atom is -0.269 e. The molecule has 0 aliphatic heterocycles. The number of hydrogen-bond acceptors (Lipinski definition) is 3. The van der Waals surface area contributed by atoms with Gasteiger partial charge in [-0.05, 0) is 12.1 Å². The molecule has 6 N–H and O–H groups in total. The summed E-state index contributed by atoms with van der Waals surface area (Å²) in [5.41, 5.74) is 0. The molecule has 0 saturated carbocycles. The number of hydrogen-bond donors (Lipinski definition) is 3. The number of benzene rings is 1. The van der Waals surface area contributed by atoms with Crippen LogP contribution in [0.2, 0.25) is 0 Å². The van der Waals surface area contributed by atoms with E-state index in [4.69, 9.17) is 15.4 Å². The molecule has 0 aliphatic rings. The van der Waals surface area contributed by atoms with E-state index in [1.54, 1.807) is 0 Å². The van der Waals surface area contributed by atoms with Crippen molar-refractivity contribution in [3.05, 3.63) is 30.3 Å². The number of rotatable bonds is 1. The first-order chi connectivity index (χ1) is 4.61. The summed E-state index contributed by atoms with van der Waals surface area (Å²) in [7, 11) is -2.00. The van der Waals surface area contributed by atoms with Crippen LogP contribution in [0, 0.1) is 0 Å². The van der Waals surface area contributed by atoms with Crippen LogP contribution >= 0.6 is 10.6 Å². The predicted octanol–water partition coefficient (Wildman–Crippen LogP) is 0.471. The van der Waals surface area contributed by atoms with Crippen LogP contribution in [0.1, 0.15) is 0 Å². The topological polar surface area (TPSA) is 78.1 Å². The third-order valence-corrected chi connectivity index (χ3v) is 2.24. The van der Waals surface area contributed by atoms with Crippen LogP contribution < -0.4 is 15.4 Å². The summed E-state index contributed by atoms with van der Waals surface area (Å²) in [5, 5.41) is 16.5. The van der Waals surface area contributed by atoms with Crippen LogP contribution in [0.15, 0.2) is 35.2 Å². The van der Waals surface area contributed by atoms with Crippen molar-refractivity contribution in [2.45, 2.75) is 4.90 Å². The lowest BCUT2D eigenvalue weighted by atomic mass is 10.4. The molecule has 0 aliphatic carbocycles. The molecule has 0 heterocycles. The Labute approximate surface area is 61.9 Å². The van der Waals surface area contributed by atoms with E-state index < -0.39 is 10.6 Å². The maximum absolute atomic E-state index is 5.50. The van der Waals surface area contributed by atoms with E-state index in [0.717, 1.165) is 4.90 Å². The van der Waals surface area contributed by atoms with Gasteiger partial charge in [-0.3, -0.25) is 15.4 Å². The fourth-order valence-electron chi connectivity index (χ4n) is 0.656. The molecule has 0 unspecified atom stereocenters. The second kappa shape index (κ2) is 2.59. The summed E-state index contributed by atoms with van der Waals surface area (Å²) in [4.78, 5) is 0.815. The maximum atomic E-state index is 5.50. The van der Waals surface area contributed by atoms with Gasteiger partial charge < -0.3 is 0 Å². The Morgan fingerprint density at radius 1 is 0.900 bits per heavy atom. The van der Waals surface area contributed by atoms with E-state index in [2.05, 4.69) is 0 Å². The lowest BCUT2D eigenvalue weighted by Crippen LogP contribution is -2.28. The molecule has 3 nitrogen and oxygen atoms in total. The minimum atomic E-state index is -2.00. The lowest BCUT2D eigenvalue weighted by Gasteiger charge is -2.24. The standard InChI is InChI=1S/C6H11N3S/c7-10(8,9)6-4-2-1-3-5-6/h1-5H,7-9H2. The van der Waals surface area contributed by atoms with Gasteiger partial charge in [-0.15, -0.1) is 0 Å². The first kappa shape index (κ1) is 7.56. The molecule has 0 bridgehead atoms. The van der Waals surface area contributed by atoms with Gasteiger partial charge in [0.15, 0.2) is 0 Å². The second-order valence-corrected chi connectivity index (χ2v) is 4.07. The van der Waals surface area contributed by atoms with Crippen LogP contribution in [0.5, 0.6) is 0 Å². The van der Waals surface area contributed by atoms with Crippen molar-refractivity contribution < 1.29 is 0 Å². The van der Waals surface area contributed by atoms with Crippen LogP contribution in [-0.4, -0.2) is 0 Å². The van der Waals surface area contributed by atoms with E-state index in [9.17, 15) is 0 Å². The highest BCUT2D eigenvalue weighted by molar-refractivity contribution is 8.28. The van der Waals surface area contributed by atoms with Crippen molar-refractivity contribution in [2.75, 3.05) is 0 Å². The van der Waals surface area contributed by atoms with Gasteiger partial charge in [0.05, 0.1) is 0 Å². The van der Waals surface area contributed by atoms with Crippen molar-refractivity contribution in [1.82, 2.24) is 0 Å². The highest BCUT2D eigenvalue weighted by Crippen LogP contribution is 2.31. The molecular weight excluding hydrogens is 146 g/mol. The lowest BCUT2D eigenvalue weighted by molar-refractivity contribution is 1.39. The van der Waals surface area contributed by atoms with Crippen LogP contribution in [-0.2, 0) is 0 Å². The molecule has 1 aromatic rings. The largest absolute Gasteiger partial charge is 0.269 e. The maximum Gasteiger partial charge on any atom is 0.0286 e. The molecule has 0 amide bonds. The molecule has 0 spiro atoms. The van der Waals surface area contributed by atoms with Gasteiger partial charge in [-0.2, -0.15) is 0 Å². The molecule has 10 heavy (non-hydrogen) atoms. The molecule has 1 aromatic carbocycles. The molecule has 4 heteroatoms. The van der Waals surface area contributed by atoms with Crippen molar-refractivity contribution in [1.29, 1.82) is 0 Å². The molecule has 0 fully saturated rings. The fraction of sp³-hybridized carbons (Fsp3) is 0. The first-order valence-electron chi connectivity index (χ1n) is 2.82. The molecule has 56 valence electrons. The summed E-state index contributed by atoms with van der Waals surface area (Å²) in [6, 6.07) is 9.28. The van der Waals surface area contributed by atoms with Crippen molar-refractivity contribution in [2.24, 2.45) is 15.4 Å². The summed E-state index contributed by atoms with van der Waals surface area (Å²) in [5.74, 6) is 0. The van der Waals surface area contributed by atoms with Gasteiger partial charge in [0.2, 0.25) is 0 Å². The monoisotopic (exact) mass is 157 g/mol. The predicted molar refractivity (Wildman–Crippen MR) is 44.9 cm³/mol. The zero-order valence-electron chi connectivity index (χ0n) is 5.53. The molecular formula is C6H11N3S. The first-order valence-corrected chi connectivity index (χ1v) is 4.64. The van der Waals surface area contributed by atoms with Crippen LogP contribution in [0.25, 0.3) is 0 Å². The quantitative estimate of drug-likeness (QED) is 0.554. The molecule has 0 saturated heterocycles. The Hall–Kier alpha value is -0.550. The fourth-order valence-corrected chi connectivity index (χ4v) is 1.28. The normalized spacial score (nSPS) is 13.1. The number of nitrogens with two attached hydrogens (primary N) is 3. The minimum absolute atomic E-state index is 0.815. The SMILES string of the molecule is NS(N)(N)c1ccccc1. The van der Waals surface area contributed by atoms with E-state index >= 15 is 0 Å². The second-order valence-electron chi connectivity index (χ2n) is 2.07. The summed E-state index contributed by atoms with van der Waals surface area (Å²) < 4.78 is 0. The van der Waals surface area contributed by atoms with Crippen molar-refractivity contribution in [3.63, 3.8) is 0 Å². The van der Waals surface area contributed by atoms with E-state index in [1.807, 2.05) is 30.3 Å². The van der Waals surface area contributed by atoms with Gasteiger partial charge >= 0.3 is 0 Å². The Kier molecular flexibility index (Phi) is 1.96. The van der Waals surface area contributed by atoms with Crippen LogP contribution in [0.4, 0.5) is 0 Å². The Morgan fingerprint density at radius 2 is 1.40 bits per heavy atom. The zero-order chi connectivity index (χ0) is 7.61. The summed E-state index contributed by atoms with van der Waals surface area (Å²) in [6.07, 6.45) is 0. The molecule has 0 radical (unpaired) electrons. The smallest absolute Gasteiger partial charge is 0.0286 e. The van der Waals surface area contributed by atoms with E-state index in [1.165, 1.54) is 0 Å². The zero-order valence-corrected chi connectivity index (χ0v) is 6.34. The average molecular weight is 157 g/mol. The molecule has 1 rings (SSSR count).